The van der Waals surface area contributed by atoms with E-state index in [4.69, 9.17) is 9.97 Å². The number of nitrogens with one attached hydrogen (secondary N) is 3. The van der Waals surface area contributed by atoms with Gasteiger partial charge >= 0.3 is 0 Å². The highest BCUT2D eigenvalue weighted by molar-refractivity contribution is 5.95. The Kier molecular flexibility index (Phi) is 5.35. The van der Waals surface area contributed by atoms with Crippen LogP contribution in [0.15, 0.2) is 67.4 Å². The van der Waals surface area contributed by atoms with E-state index in [1.165, 1.54) is 0 Å². The fraction of sp³-hybridized carbons (Fsp3) is 0.179. The van der Waals surface area contributed by atoms with Gasteiger partial charge in [-0.1, -0.05) is 12.8 Å². The van der Waals surface area contributed by atoms with E-state index in [2.05, 4.69) is 35.5 Å². The number of imidazole rings is 1. The predicted octanol–water partition coefficient (Wildman–Crippen LogP) is 5.15. The molecule has 1 aliphatic carbocycles. The van der Waals surface area contributed by atoms with Gasteiger partial charge in [-0.3, -0.25) is 19.9 Å². The molecule has 0 unspecified atom stereocenters. The lowest BCUT2D eigenvalue weighted by Gasteiger charge is -2.11. The molecule has 1 fully saturated rings. The number of H-pyrrole nitrogens is 2. The van der Waals surface area contributed by atoms with Gasteiger partial charge in [0.15, 0.2) is 17.2 Å². The van der Waals surface area contributed by atoms with Crippen LogP contribution < -0.4 is 5.32 Å². The van der Waals surface area contributed by atoms with Crippen molar-refractivity contribution in [1.82, 2.24) is 40.1 Å². The van der Waals surface area contributed by atoms with Crippen molar-refractivity contribution in [3.05, 3.63) is 67.4 Å². The van der Waals surface area contributed by atoms with Crippen LogP contribution in [-0.2, 0) is 4.79 Å². The second-order valence-electron chi connectivity index (χ2n) is 9.47. The largest absolute Gasteiger partial charge is 0.324 e. The molecule has 6 aromatic heterocycles. The Labute approximate surface area is 217 Å². The highest BCUT2D eigenvalue weighted by Gasteiger charge is 2.23. The highest BCUT2D eigenvalue weighted by Crippen LogP contribution is 2.31. The lowest BCUT2D eigenvalue weighted by molar-refractivity contribution is -0.119. The van der Waals surface area contributed by atoms with Crippen LogP contribution in [0, 0.1) is 5.92 Å². The van der Waals surface area contributed by atoms with Gasteiger partial charge in [-0.25, -0.2) is 15.0 Å². The number of anilines is 1. The number of aromatic amines is 2. The number of hydrogen-bond acceptors (Lipinski definition) is 7. The average molecular weight is 502 g/mol. The minimum Gasteiger partial charge on any atom is -0.324 e. The molecule has 1 saturated carbocycles. The first-order valence-corrected chi connectivity index (χ1v) is 12.6. The van der Waals surface area contributed by atoms with Gasteiger partial charge in [0.05, 0.1) is 23.1 Å². The third-order valence-corrected chi connectivity index (χ3v) is 7.04. The van der Waals surface area contributed by atoms with Gasteiger partial charge in [0.2, 0.25) is 5.91 Å². The zero-order chi connectivity index (χ0) is 25.5. The molecule has 6 aromatic rings. The van der Waals surface area contributed by atoms with Crippen LogP contribution in [0.1, 0.15) is 25.7 Å². The summed E-state index contributed by atoms with van der Waals surface area (Å²) < 4.78 is 0. The van der Waals surface area contributed by atoms with E-state index < -0.39 is 0 Å². The molecule has 0 radical (unpaired) electrons. The van der Waals surface area contributed by atoms with Crippen molar-refractivity contribution in [2.45, 2.75) is 25.7 Å². The molecule has 1 amide bonds. The van der Waals surface area contributed by atoms with Crippen molar-refractivity contribution >= 4 is 33.8 Å². The second kappa shape index (κ2) is 9.15. The molecular weight excluding hydrogens is 478 g/mol. The van der Waals surface area contributed by atoms with Crippen molar-refractivity contribution in [2.24, 2.45) is 5.92 Å². The first kappa shape index (κ1) is 22.2. The van der Waals surface area contributed by atoms with Gasteiger partial charge < -0.3 is 10.3 Å². The molecule has 10 heteroatoms. The number of amides is 1. The fourth-order valence-electron chi connectivity index (χ4n) is 5.09. The number of carbonyl (C=O) groups excluding carboxylic acids is 1. The lowest BCUT2D eigenvalue weighted by Crippen LogP contribution is -2.20. The van der Waals surface area contributed by atoms with Crippen LogP contribution >= 0.6 is 0 Å². The molecule has 38 heavy (non-hydrogen) atoms. The average Bonchev–Trinajstić information content (AvgIpc) is 3.73. The quantitative estimate of drug-likeness (QED) is 0.297. The zero-order valence-electron chi connectivity index (χ0n) is 20.3. The van der Waals surface area contributed by atoms with Crippen molar-refractivity contribution in [2.75, 3.05) is 5.32 Å². The van der Waals surface area contributed by atoms with Crippen molar-refractivity contribution in [3.8, 4) is 33.9 Å². The maximum Gasteiger partial charge on any atom is 0.227 e. The molecule has 0 spiro atoms. The van der Waals surface area contributed by atoms with Crippen molar-refractivity contribution < 1.29 is 4.79 Å². The Hall–Kier alpha value is -4.99. The molecule has 0 bridgehead atoms. The maximum atomic E-state index is 12.6. The molecule has 0 saturated heterocycles. The lowest BCUT2D eigenvalue weighted by atomic mass is 10.1. The molecule has 186 valence electrons. The molecular formula is C28H23N9O. The summed E-state index contributed by atoms with van der Waals surface area (Å²) in [5.41, 5.74) is 7.61. The summed E-state index contributed by atoms with van der Waals surface area (Å²) in [4.78, 5) is 38.6. The third-order valence-electron chi connectivity index (χ3n) is 7.04. The molecule has 7 rings (SSSR count). The molecule has 0 atom stereocenters. The molecule has 0 aliphatic heterocycles. The normalized spacial score (nSPS) is 13.9. The number of nitrogens with zero attached hydrogens (tertiary/aromatic N) is 6. The van der Waals surface area contributed by atoms with Gasteiger partial charge in [0.25, 0.3) is 0 Å². The Morgan fingerprint density at radius 2 is 1.76 bits per heavy atom. The standard InChI is InChI=1S/C28H23N9O/c38-28(17-3-1-2-4-17)32-19-13-18(14-30-15-19)21-5-6-22-24(33-21)25(37-36-22)27-34-23-20(9-12-31-26(23)35-27)16-7-10-29-11-8-16/h5-15,17H,1-4H2,(H,32,38)(H,36,37)(H,31,34,35). The van der Waals surface area contributed by atoms with Crippen molar-refractivity contribution in [1.29, 1.82) is 0 Å². The summed E-state index contributed by atoms with van der Waals surface area (Å²) >= 11 is 0. The summed E-state index contributed by atoms with van der Waals surface area (Å²) in [6.45, 7) is 0. The van der Waals surface area contributed by atoms with Crippen LogP contribution in [0.2, 0.25) is 0 Å². The Balaban J connectivity index is 1.25. The van der Waals surface area contributed by atoms with Crippen LogP contribution in [0.5, 0.6) is 0 Å². The second-order valence-corrected chi connectivity index (χ2v) is 9.47. The maximum absolute atomic E-state index is 12.6. The summed E-state index contributed by atoms with van der Waals surface area (Å²) in [5, 5.41) is 10.6. The van der Waals surface area contributed by atoms with E-state index in [-0.39, 0.29) is 11.8 Å². The van der Waals surface area contributed by atoms with Crippen LogP contribution in [-0.4, -0.2) is 46.0 Å². The topological polar surface area (TPSA) is 138 Å². The first-order valence-electron chi connectivity index (χ1n) is 12.6. The summed E-state index contributed by atoms with van der Waals surface area (Å²) in [5.74, 6) is 0.714. The molecule has 1 aliphatic rings. The minimum absolute atomic E-state index is 0.0617. The van der Waals surface area contributed by atoms with Crippen LogP contribution in [0.25, 0.3) is 56.1 Å². The summed E-state index contributed by atoms with van der Waals surface area (Å²) in [6, 6.07) is 11.6. The summed E-state index contributed by atoms with van der Waals surface area (Å²) in [6.07, 6.45) is 12.8. The smallest absolute Gasteiger partial charge is 0.227 e. The molecule has 3 N–H and O–H groups in total. The summed E-state index contributed by atoms with van der Waals surface area (Å²) in [7, 11) is 0. The van der Waals surface area contributed by atoms with Gasteiger partial charge in [0.1, 0.15) is 11.0 Å². The minimum atomic E-state index is 0.0617. The molecule has 10 nitrogen and oxygen atoms in total. The molecule has 6 heterocycles. The number of aromatic nitrogens is 8. The predicted molar refractivity (Wildman–Crippen MR) is 144 cm³/mol. The van der Waals surface area contributed by atoms with Crippen LogP contribution in [0.4, 0.5) is 5.69 Å². The number of pyridine rings is 4. The fourth-order valence-corrected chi connectivity index (χ4v) is 5.09. The van der Waals surface area contributed by atoms with E-state index in [0.717, 1.165) is 59.1 Å². The molecule has 0 aromatic carbocycles. The third kappa shape index (κ3) is 3.96. The SMILES string of the molecule is O=C(Nc1cncc(-c2ccc3[nH]nc(-c4nc5c(-c6ccncc6)ccnc5[nH]4)c3n2)c1)C1CCCC1. The van der Waals surface area contributed by atoms with Gasteiger partial charge in [-0.15, -0.1) is 0 Å². The van der Waals surface area contributed by atoms with Gasteiger partial charge in [-0.2, -0.15) is 5.10 Å². The number of hydrogen-bond donors (Lipinski definition) is 3. The monoisotopic (exact) mass is 501 g/mol. The Morgan fingerprint density at radius 3 is 2.63 bits per heavy atom. The van der Waals surface area contributed by atoms with E-state index in [1.54, 1.807) is 31.0 Å². The van der Waals surface area contributed by atoms with E-state index >= 15 is 0 Å². The van der Waals surface area contributed by atoms with Gasteiger partial charge in [0, 0.05) is 41.8 Å². The number of carbonyl (C=O) groups is 1. The van der Waals surface area contributed by atoms with Crippen LogP contribution in [0.3, 0.4) is 0 Å². The Bertz CT molecular complexity index is 1780. The highest BCUT2D eigenvalue weighted by atomic mass is 16.1. The number of fused-ring (bicyclic) bond motifs is 2. The zero-order valence-corrected chi connectivity index (χ0v) is 20.3. The Morgan fingerprint density at radius 1 is 0.895 bits per heavy atom. The number of rotatable bonds is 5. The van der Waals surface area contributed by atoms with Gasteiger partial charge in [-0.05, 0) is 54.8 Å². The van der Waals surface area contributed by atoms with E-state index in [0.29, 0.717) is 28.4 Å². The van der Waals surface area contributed by atoms with E-state index in [9.17, 15) is 4.79 Å². The van der Waals surface area contributed by atoms with Crippen molar-refractivity contribution in [3.63, 3.8) is 0 Å². The first-order chi connectivity index (χ1) is 18.7. The van der Waals surface area contributed by atoms with E-state index in [1.807, 2.05) is 36.4 Å².